The molecule has 2 rings (SSSR count). The van der Waals surface area contributed by atoms with Gasteiger partial charge in [-0.1, -0.05) is 50.6 Å². The molecule has 0 atom stereocenters. The third-order valence-corrected chi connectivity index (χ3v) is 3.75. The molecule has 0 aliphatic rings. The maximum Gasteiger partial charge on any atom is 0.254 e. The summed E-state index contributed by atoms with van der Waals surface area (Å²) in [5.41, 5.74) is 1.03. The molecule has 0 spiro atoms. The molecule has 0 saturated carbocycles. The number of carbonyl (C=O) groups is 1. The zero-order valence-electron chi connectivity index (χ0n) is 14.0. The summed E-state index contributed by atoms with van der Waals surface area (Å²) >= 11 is 5.68. The molecule has 1 amide bonds. The minimum absolute atomic E-state index is 0.0329. The fourth-order valence-corrected chi connectivity index (χ4v) is 2.47. The summed E-state index contributed by atoms with van der Waals surface area (Å²) in [6, 6.07) is 11.8. The van der Waals surface area contributed by atoms with Crippen molar-refractivity contribution in [1.82, 2.24) is 5.32 Å². The average Bonchev–Trinajstić information content (AvgIpc) is 2.50. The third kappa shape index (κ3) is 4.71. The van der Waals surface area contributed by atoms with Crippen molar-refractivity contribution in [2.75, 3.05) is 13.2 Å². The molecule has 2 aromatic carbocycles. The van der Waals surface area contributed by atoms with E-state index in [0.29, 0.717) is 6.61 Å². The Morgan fingerprint density at radius 2 is 1.92 bits per heavy atom. The van der Waals surface area contributed by atoms with Gasteiger partial charge < -0.3 is 10.1 Å². The van der Waals surface area contributed by atoms with Crippen molar-refractivity contribution >= 4 is 17.5 Å². The third-order valence-electron chi connectivity index (χ3n) is 3.52. The van der Waals surface area contributed by atoms with Gasteiger partial charge in [-0.2, -0.15) is 0 Å². The van der Waals surface area contributed by atoms with Gasteiger partial charge >= 0.3 is 0 Å². The van der Waals surface area contributed by atoms with E-state index >= 15 is 0 Å². The first-order valence-electron chi connectivity index (χ1n) is 7.74. The minimum atomic E-state index is -0.640. The van der Waals surface area contributed by atoms with E-state index in [2.05, 4.69) is 26.1 Å². The molecule has 0 aromatic heterocycles. The second kappa shape index (κ2) is 7.67. The van der Waals surface area contributed by atoms with Gasteiger partial charge in [0.05, 0.1) is 12.1 Å². The first-order chi connectivity index (χ1) is 11.3. The first kappa shape index (κ1) is 18.3. The maximum absolute atomic E-state index is 13.7. The highest BCUT2D eigenvalue weighted by atomic mass is 35.5. The van der Waals surface area contributed by atoms with Crippen molar-refractivity contribution < 1.29 is 13.9 Å². The van der Waals surface area contributed by atoms with E-state index in [-0.39, 0.29) is 22.5 Å². The number of para-hydroxylation sites is 1. The van der Waals surface area contributed by atoms with Gasteiger partial charge in [-0.15, -0.1) is 0 Å². The molecule has 0 saturated heterocycles. The van der Waals surface area contributed by atoms with Gasteiger partial charge in [0.1, 0.15) is 18.2 Å². The zero-order chi connectivity index (χ0) is 17.7. The Hall–Kier alpha value is -2.07. The van der Waals surface area contributed by atoms with Gasteiger partial charge in [0.2, 0.25) is 0 Å². The predicted octanol–water partition coefficient (Wildman–Crippen LogP) is 4.59. The lowest BCUT2D eigenvalue weighted by atomic mass is 9.86. The molecule has 0 bridgehead atoms. The highest BCUT2D eigenvalue weighted by Crippen LogP contribution is 2.30. The predicted molar refractivity (Wildman–Crippen MR) is 94.4 cm³/mol. The molecule has 0 unspecified atom stereocenters. The smallest absolute Gasteiger partial charge is 0.254 e. The molecular formula is C19H21ClFNO2. The Balaban J connectivity index is 1.91. The van der Waals surface area contributed by atoms with E-state index in [1.54, 1.807) is 0 Å². The first-order valence-corrected chi connectivity index (χ1v) is 8.12. The molecular weight excluding hydrogens is 329 g/mol. The lowest BCUT2D eigenvalue weighted by Crippen LogP contribution is -2.29. The molecule has 3 nitrogen and oxygen atoms in total. The summed E-state index contributed by atoms with van der Waals surface area (Å²) in [5.74, 6) is -0.340. The number of ether oxygens (including phenoxy) is 1. The number of amides is 1. The second-order valence-electron chi connectivity index (χ2n) is 6.47. The van der Waals surface area contributed by atoms with Gasteiger partial charge in [-0.25, -0.2) is 4.39 Å². The van der Waals surface area contributed by atoms with Crippen LogP contribution in [0.5, 0.6) is 5.75 Å². The monoisotopic (exact) mass is 349 g/mol. The Morgan fingerprint density at radius 3 is 2.58 bits per heavy atom. The average molecular weight is 350 g/mol. The van der Waals surface area contributed by atoms with E-state index in [9.17, 15) is 9.18 Å². The normalized spacial score (nSPS) is 11.2. The highest BCUT2D eigenvalue weighted by molar-refractivity contribution is 6.30. The van der Waals surface area contributed by atoms with Gasteiger partial charge in [0, 0.05) is 5.02 Å². The molecule has 0 fully saturated rings. The van der Waals surface area contributed by atoms with Crippen LogP contribution in [0.4, 0.5) is 4.39 Å². The van der Waals surface area contributed by atoms with E-state index in [4.69, 9.17) is 16.3 Å². The van der Waals surface area contributed by atoms with E-state index < -0.39 is 11.7 Å². The van der Waals surface area contributed by atoms with Gasteiger partial charge in [0.25, 0.3) is 5.91 Å². The quantitative estimate of drug-likeness (QED) is 0.802. The summed E-state index contributed by atoms with van der Waals surface area (Å²) in [4.78, 5) is 12.0. The van der Waals surface area contributed by atoms with Crippen LogP contribution < -0.4 is 10.1 Å². The number of halogens is 2. The number of hydrogen-bond donors (Lipinski definition) is 1. The molecule has 5 heteroatoms. The SMILES string of the molecule is CC(C)(C)c1ccccc1OCCNC(=O)c1ccc(Cl)cc1F. The van der Waals surface area contributed by atoms with Crippen molar-refractivity contribution in [2.24, 2.45) is 0 Å². The minimum Gasteiger partial charge on any atom is -0.491 e. The van der Waals surface area contributed by atoms with Crippen LogP contribution in [0.15, 0.2) is 42.5 Å². The molecule has 2 aromatic rings. The van der Waals surface area contributed by atoms with Crippen molar-refractivity contribution in [3.05, 3.63) is 64.4 Å². The zero-order valence-corrected chi connectivity index (χ0v) is 14.8. The van der Waals surface area contributed by atoms with Crippen LogP contribution in [0.3, 0.4) is 0 Å². The van der Waals surface area contributed by atoms with E-state index in [1.165, 1.54) is 12.1 Å². The van der Waals surface area contributed by atoms with Crippen LogP contribution in [0.2, 0.25) is 5.02 Å². The molecule has 0 aliphatic carbocycles. The number of hydrogen-bond acceptors (Lipinski definition) is 2. The number of benzene rings is 2. The molecule has 0 heterocycles. The van der Waals surface area contributed by atoms with Crippen LogP contribution in [0, 0.1) is 5.82 Å². The van der Waals surface area contributed by atoms with E-state index in [1.807, 2.05) is 24.3 Å². The summed E-state index contributed by atoms with van der Waals surface area (Å²) in [5, 5.41) is 2.90. The van der Waals surface area contributed by atoms with Gasteiger partial charge in [-0.3, -0.25) is 4.79 Å². The fraction of sp³-hybridized carbons (Fsp3) is 0.316. The van der Waals surface area contributed by atoms with Crippen LogP contribution >= 0.6 is 11.6 Å². The van der Waals surface area contributed by atoms with Crippen molar-refractivity contribution in [1.29, 1.82) is 0 Å². The van der Waals surface area contributed by atoms with Gasteiger partial charge in [-0.05, 0) is 35.2 Å². The molecule has 0 radical (unpaired) electrons. The lowest BCUT2D eigenvalue weighted by Gasteiger charge is -2.22. The Bertz CT molecular complexity index is 726. The lowest BCUT2D eigenvalue weighted by molar-refractivity contribution is 0.0943. The Kier molecular flexibility index (Phi) is 5.84. The number of rotatable bonds is 5. The van der Waals surface area contributed by atoms with Crippen molar-refractivity contribution in [3.63, 3.8) is 0 Å². The molecule has 0 aliphatic heterocycles. The molecule has 24 heavy (non-hydrogen) atoms. The Morgan fingerprint density at radius 1 is 1.21 bits per heavy atom. The van der Waals surface area contributed by atoms with E-state index in [0.717, 1.165) is 17.4 Å². The van der Waals surface area contributed by atoms with Crippen LogP contribution in [0.25, 0.3) is 0 Å². The number of carbonyl (C=O) groups excluding carboxylic acids is 1. The summed E-state index contributed by atoms with van der Waals surface area (Å²) in [6.07, 6.45) is 0. The fourth-order valence-electron chi connectivity index (χ4n) is 2.31. The van der Waals surface area contributed by atoms with Crippen LogP contribution in [0.1, 0.15) is 36.7 Å². The maximum atomic E-state index is 13.7. The second-order valence-corrected chi connectivity index (χ2v) is 6.91. The molecule has 1 N–H and O–H groups in total. The molecule has 128 valence electrons. The summed E-state index contributed by atoms with van der Waals surface area (Å²) in [7, 11) is 0. The van der Waals surface area contributed by atoms with Gasteiger partial charge in [0.15, 0.2) is 0 Å². The Labute approximate surface area is 146 Å². The summed E-state index contributed by atoms with van der Waals surface area (Å²) in [6.45, 7) is 6.91. The largest absolute Gasteiger partial charge is 0.491 e. The van der Waals surface area contributed by atoms with Crippen molar-refractivity contribution in [2.45, 2.75) is 26.2 Å². The van der Waals surface area contributed by atoms with Crippen molar-refractivity contribution in [3.8, 4) is 5.75 Å². The van der Waals surface area contributed by atoms with Crippen LogP contribution in [-0.2, 0) is 5.41 Å². The summed E-state index contributed by atoms with van der Waals surface area (Å²) < 4.78 is 19.5. The standard InChI is InChI=1S/C19H21ClFNO2/c1-19(2,3)15-6-4-5-7-17(15)24-11-10-22-18(23)14-9-8-13(20)12-16(14)21/h4-9,12H,10-11H2,1-3H3,(H,22,23). The highest BCUT2D eigenvalue weighted by Gasteiger charge is 2.18. The van der Waals surface area contributed by atoms with Crippen LogP contribution in [-0.4, -0.2) is 19.1 Å². The number of nitrogens with one attached hydrogen (secondary N) is 1. The topological polar surface area (TPSA) is 38.3 Å².